The molecule has 0 bridgehead atoms. The van der Waals surface area contributed by atoms with Crippen LogP contribution in [0.1, 0.15) is 155 Å². The highest BCUT2D eigenvalue weighted by atomic mass is 31.2. The number of quaternary nitrogens is 1. The number of rotatable bonds is 32. The van der Waals surface area contributed by atoms with Crippen LogP contribution in [0.25, 0.3) is 0 Å². The van der Waals surface area contributed by atoms with E-state index in [0.29, 0.717) is 23.9 Å². The van der Waals surface area contributed by atoms with Crippen molar-refractivity contribution in [3.63, 3.8) is 0 Å². The van der Waals surface area contributed by atoms with Gasteiger partial charge in [-0.3, -0.25) is 9.36 Å². The molecule has 262 valence electrons. The molecule has 0 spiro atoms. The number of unbranched alkanes of at least 4 members (excludes halogenated alkanes) is 17. The van der Waals surface area contributed by atoms with E-state index in [9.17, 15) is 19.4 Å². The van der Waals surface area contributed by atoms with Gasteiger partial charge >= 0.3 is 0 Å². The van der Waals surface area contributed by atoms with Crippen molar-refractivity contribution in [2.45, 2.75) is 167 Å². The number of nitrogens with one attached hydrogen (secondary N) is 1. The van der Waals surface area contributed by atoms with Crippen LogP contribution < -0.4 is 10.2 Å². The lowest BCUT2D eigenvalue weighted by Gasteiger charge is -2.30. The van der Waals surface area contributed by atoms with E-state index in [-0.39, 0.29) is 19.1 Å². The summed E-state index contributed by atoms with van der Waals surface area (Å²) < 4.78 is 23.0. The minimum Gasteiger partial charge on any atom is -0.756 e. The SMILES string of the molecule is CCCCCCC/C=C\CCCCCCCC(=O)NC(COP(=O)([O-])OCC[N+](C)(C)C)C(O)CCCCCCCCCC. The summed E-state index contributed by atoms with van der Waals surface area (Å²) >= 11 is 0. The maximum absolute atomic E-state index is 12.7. The molecule has 0 aliphatic carbocycles. The summed E-state index contributed by atoms with van der Waals surface area (Å²) in [5.74, 6) is -0.179. The van der Waals surface area contributed by atoms with Gasteiger partial charge in [0.2, 0.25) is 5.91 Å². The largest absolute Gasteiger partial charge is 0.756 e. The Labute approximate surface area is 272 Å². The maximum atomic E-state index is 12.7. The van der Waals surface area contributed by atoms with Crippen LogP contribution in [0.15, 0.2) is 12.2 Å². The second kappa shape index (κ2) is 28.5. The number of nitrogens with zero attached hydrogens (tertiary/aromatic N) is 1. The number of phosphoric acid groups is 1. The predicted octanol–water partition coefficient (Wildman–Crippen LogP) is 8.22. The summed E-state index contributed by atoms with van der Waals surface area (Å²) in [6, 6.07) is -0.797. The van der Waals surface area contributed by atoms with Gasteiger partial charge in [0.1, 0.15) is 13.2 Å². The first kappa shape index (κ1) is 43.2. The smallest absolute Gasteiger partial charge is 0.268 e. The number of aliphatic hydroxyl groups is 1. The molecule has 0 saturated heterocycles. The van der Waals surface area contributed by atoms with E-state index >= 15 is 0 Å². The Morgan fingerprint density at radius 3 is 1.77 bits per heavy atom. The topological polar surface area (TPSA) is 108 Å². The van der Waals surface area contributed by atoms with Crippen molar-refractivity contribution in [1.82, 2.24) is 5.32 Å². The number of hydrogen-bond donors (Lipinski definition) is 2. The van der Waals surface area contributed by atoms with Gasteiger partial charge in [-0.25, -0.2) is 0 Å². The molecule has 9 heteroatoms. The number of aliphatic hydroxyl groups excluding tert-OH is 1. The average Bonchev–Trinajstić information content (AvgIpc) is 2.95. The van der Waals surface area contributed by atoms with Crippen LogP contribution in [0, 0.1) is 0 Å². The second-order valence-corrected chi connectivity index (χ2v) is 15.0. The maximum Gasteiger partial charge on any atom is 0.268 e. The Hall–Kier alpha value is -0.760. The molecule has 2 N–H and O–H groups in total. The van der Waals surface area contributed by atoms with Crippen LogP contribution in [-0.2, 0) is 18.4 Å². The monoisotopic (exact) mass is 647 g/mol. The Kier molecular flexibility index (Phi) is 28.0. The van der Waals surface area contributed by atoms with E-state index in [0.717, 1.165) is 51.4 Å². The Morgan fingerprint density at radius 1 is 0.773 bits per heavy atom. The summed E-state index contributed by atoms with van der Waals surface area (Å²) in [7, 11) is 1.30. The van der Waals surface area contributed by atoms with Gasteiger partial charge in [-0.1, -0.05) is 122 Å². The van der Waals surface area contributed by atoms with E-state index < -0.39 is 20.0 Å². The van der Waals surface area contributed by atoms with Gasteiger partial charge in [0, 0.05) is 6.42 Å². The predicted molar refractivity (Wildman–Crippen MR) is 182 cm³/mol. The van der Waals surface area contributed by atoms with Crippen LogP contribution >= 0.6 is 7.82 Å². The molecular weight excluding hydrogens is 575 g/mol. The molecule has 1 amide bonds. The van der Waals surface area contributed by atoms with Crippen molar-refractivity contribution in [2.75, 3.05) is 40.9 Å². The molecule has 0 rings (SSSR count). The van der Waals surface area contributed by atoms with Crippen LogP contribution in [0.5, 0.6) is 0 Å². The van der Waals surface area contributed by atoms with Gasteiger partial charge in [-0.2, -0.15) is 0 Å². The standard InChI is InChI=1S/C35H71N2O6P/c1-6-8-10-12-14-16-17-18-19-20-21-23-25-27-29-35(39)36-33(32-43-44(40,41)42-31-30-37(3,4)5)34(38)28-26-24-22-15-13-11-9-7-2/h17-18,33-34,38H,6-16,19-32H2,1-5H3,(H-,36,39,40,41)/b18-17-. The van der Waals surface area contributed by atoms with E-state index in [1.807, 2.05) is 21.1 Å². The zero-order chi connectivity index (χ0) is 32.9. The van der Waals surface area contributed by atoms with E-state index in [1.165, 1.54) is 77.0 Å². The summed E-state index contributed by atoms with van der Waals surface area (Å²) in [4.78, 5) is 25.1. The van der Waals surface area contributed by atoms with E-state index in [2.05, 4.69) is 31.3 Å². The molecule has 0 aromatic rings. The summed E-state index contributed by atoms with van der Waals surface area (Å²) in [6.45, 7) is 4.64. The highest BCUT2D eigenvalue weighted by Gasteiger charge is 2.24. The van der Waals surface area contributed by atoms with Gasteiger partial charge in [0.25, 0.3) is 7.82 Å². The average molecular weight is 647 g/mol. The van der Waals surface area contributed by atoms with Crippen molar-refractivity contribution in [3.8, 4) is 0 Å². The zero-order valence-electron chi connectivity index (χ0n) is 29.4. The molecule has 0 aromatic carbocycles. The van der Waals surface area contributed by atoms with Gasteiger partial charge in [0.05, 0.1) is 39.9 Å². The third kappa shape index (κ3) is 29.9. The minimum absolute atomic E-state index is 0.0114. The molecule has 0 heterocycles. The molecule has 0 saturated carbocycles. The highest BCUT2D eigenvalue weighted by molar-refractivity contribution is 7.45. The fraction of sp³-hybridized carbons (Fsp3) is 0.914. The molecule has 3 unspecified atom stereocenters. The molecule has 0 aliphatic heterocycles. The third-order valence-corrected chi connectivity index (χ3v) is 8.97. The first-order valence-electron chi connectivity index (χ1n) is 18.0. The molecule has 0 radical (unpaired) electrons. The summed E-state index contributed by atoms with van der Waals surface area (Å²) in [5.41, 5.74) is 0. The number of allylic oxidation sites excluding steroid dienone is 2. The Balaban J connectivity index is 4.46. The van der Waals surface area contributed by atoms with Crippen LogP contribution in [0.4, 0.5) is 0 Å². The van der Waals surface area contributed by atoms with Gasteiger partial charge in [-0.15, -0.1) is 0 Å². The molecular formula is C35H71N2O6P. The van der Waals surface area contributed by atoms with E-state index in [1.54, 1.807) is 0 Å². The number of carbonyl (C=O) groups is 1. The molecule has 0 aliphatic rings. The van der Waals surface area contributed by atoms with Crippen molar-refractivity contribution in [2.24, 2.45) is 0 Å². The number of hydrogen-bond acceptors (Lipinski definition) is 6. The summed E-state index contributed by atoms with van der Waals surface area (Å²) in [6.07, 6.45) is 27.9. The van der Waals surface area contributed by atoms with Gasteiger partial charge < -0.3 is 28.8 Å². The number of amides is 1. The molecule has 3 atom stereocenters. The Morgan fingerprint density at radius 2 is 1.25 bits per heavy atom. The highest BCUT2D eigenvalue weighted by Crippen LogP contribution is 2.38. The minimum atomic E-state index is -4.55. The molecule has 8 nitrogen and oxygen atoms in total. The van der Waals surface area contributed by atoms with Gasteiger partial charge in [-0.05, 0) is 38.5 Å². The summed E-state index contributed by atoms with van der Waals surface area (Å²) in [5, 5.41) is 13.7. The quantitative estimate of drug-likeness (QED) is 0.0330. The Bertz CT molecular complexity index is 743. The fourth-order valence-electron chi connectivity index (χ4n) is 5.03. The number of phosphoric ester groups is 1. The molecule has 44 heavy (non-hydrogen) atoms. The lowest BCUT2D eigenvalue weighted by Crippen LogP contribution is -2.46. The van der Waals surface area contributed by atoms with Gasteiger partial charge in [0.15, 0.2) is 0 Å². The van der Waals surface area contributed by atoms with Crippen molar-refractivity contribution >= 4 is 13.7 Å². The first-order valence-corrected chi connectivity index (χ1v) is 19.5. The normalized spacial score (nSPS) is 15.0. The van der Waals surface area contributed by atoms with Crippen molar-refractivity contribution < 1.29 is 32.9 Å². The van der Waals surface area contributed by atoms with Crippen molar-refractivity contribution in [1.29, 1.82) is 0 Å². The van der Waals surface area contributed by atoms with Crippen molar-refractivity contribution in [3.05, 3.63) is 12.2 Å². The number of likely N-dealkylation sites (N-methyl/N-ethyl adjacent to an activating group) is 1. The van der Waals surface area contributed by atoms with E-state index in [4.69, 9.17) is 9.05 Å². The molecule has 0 fully saturated rings. The second-order valence-electron chi connectivity index (χ2n) is 13.6. The lowest BCUT2D eigenvalue weighted by molar-refractivity contribution is -0.870. The third-order valence-electron chi connectivity index (χ3n) is 8.00. The van der Waals surface area contributed by atoms with Crippen LogP contribution in [0.3, 0.4) is 0 Å². The number of carbonyl (C=O) groups excluding carboxylic acids is 1. The first-order chi connectivity index (χ1) is 21.0. The molecule has 0 aromatic heterocycles. The van der Waals surface area contributed by atoms with Crippen LogP contribution in [-0.4, -0.2) is 68.5 Å². The van der Waals surface area contributed by atoms with Crippen LogP contribution in [0.2, 0.25) is 0 Å². The fourth-order valence-corrected chi connectivity index (χ4v) is 5.75. The zero-order valence-corrected chi connectivity index (χ0v) is 30.3. The lowest BCUT2D eigenvalue weighted by atomic mass is 10.0.